The maximum absolute atomic E-state index is 14.6. The van der Waals surface area contributed by atoms with Crippen LogP contribution < -0.4 is 10.9 Å². The molecule has 0 unspecified atom stereocenters. The third-order valence-electron chi connectivity index (χ3n) is 3.46. The lowest BCUT2D eigenvalue weighted by atomic mass is 9.85. The molecule has 0 saturated carbocycles. The lowest BCUT2D eigenvalue weighted by Crippen LogP contribution is -2.44. The van der Waals surface area contributed by atoms with Gasteiger partial charge in [0.15, 0.2) is 0 Å². The van der Waals surface area contributed by atoms with E-state index in [1.54, 1.807) is 24.3 Å². The zero-order valence-electron chi connectivity index (χ0n) is 10.8. The predicted octanol–water partition coefficient (Wildman–Crippen LogP) is 4.09. The van der Waals surface area contributed by atoms with Gasteiger partial charge >= 0.3 is 0 Å². The highest BCUT2D eigenvalue weighted by molar-refractivity contribution is 5.54. The van der Waals surface area contributed by atoms with Crippen molar-refractivity contribution in [2.75, 3.05) is 10.9 Å². The van der Waals surface area contributed by atoms with Gasteiger partial charge in [0.1, 0.15) is 0 Å². The van der Waals surface area contributed by atoms with Crippen molar-refractivity contribution in [3.63, 3.8) is 0 Å². The number of benzene rings is 1. The van der Waals surface area contributed by atoms with Crippen molar-refractivity contribution in [2.24, 2.45) is 0 Å². The highest BCUT2D eigenvalue weighted by Crippen LogP contribution is 2.35. The fourth-order valence-electron chi connectivity index (χ4n) is 2.15. The van der Waals surface area contributed by atoms with Gasteiger partial charge in [0.2, 0.25) is 0 Å². The Morgan fingerprint density at radius 2 is 1.76 bits per heavy atom. The number of rotatable bonds is 5. The Bertz CT molecular complexity index is 380. The van der Waals surface area contributed by atoms with Crippen LogP contribution in [0.4, 0.5) is 15.9 Å². The van der Waals surface area contributed by atoms with E-state index in [2.05, 4.69) is 6.58 Å². The van der Waals surface area contributed by atoms with E-state index in [-0.39, 0.29) is 0 Å². The SMILES string of the molecule is C=C(C)C(CC)(CC)N(F)c1ccc(N)cc1. The predicted molar refractivity (Wildman–Crippen MR) is 72.6 cm³/mol. The highest BCUT2D eigenvalue weighted by Gasteiger charge is 2.35. The molecule has 2 N–H and O–H groups in total. The van der Waals surface area contributed by atoms with Gasteiger partial charge in [-0.2, -0.15) is 0 Å². The van der Waals surface area contributed by atoms with Crippen molar-refractivity contribution in [3.8, 4) is 0 Å². The Kier molecular flexibility index (Phi) is 4.16. The van der Waals surface area contributed by atoms with Crippen molar-refractivity contribution >= 4 is 11.4 Å². The van der Waals surface area contributed by atoms with E-state index in [4.69, 9.17) is 5.73 Å². The minimum Gasteiger partial charge on any atom is -0.399 e. The normalized spacial score (nSPS) is 11.3. The van der Waals surface area contributed by atoms with Crippen LogP contribution in [0.2, 0.25) is 0 Å². The summed E-state index contributed by atoms with van der Waals surface area (Å²) in [5, 5.41) is 0.814. The Morgan fingerprint density at radius 3 is 2.12 bits per heavy atom. The lowest BCUT2D eigenvalue weighted by Gasteiger charge is -2.38. The fourth-order valence-corrected chi connectivity index (χ4v) is 2.15. The van der Waals surface area contributed by atoms with Gasteiger partial charge in [0, 0.05) is 5.69 Å². The molecule has 94 valence electrons. The Hall–Kier alpha value is -1.51. The van der Waals surface area contributed by atoms with Crippen molar-refractivity contribution in [1.82, 2.24) is 0 Å². The van der Waals surface area contributed by atoms with Crippen LogP contribution in [-0.4, -0.2) is 5.54 Å². The smallest absolute Gasteiger partial charge is 0.0921 e. The molecule has 0 atom stereocenters. The molecule has 0 fully saturated rings. The number of anilines is 2. The van der Waals surface area contributed by atoms with Gasteiger partial charge in [0.05, 0.1) is 11.2 Å². The number of nitrogens with two attached hydrogens (primary N) is 1. The van der Waals surface area contributed by atoms with Crippen LogP contribution in [0.15, 0.2) is 36.4 Å². The van der Waals surface area contributed by atoms with Crippen LogP contribution >= 0.6 is 0 Å². The molecule has 0 radical (unpaired) electrons. The summed E-state index contributed by atoms with van der Waals surface area (Å²) in [6.07, 6.45) is 1.36. The summed E-state index contributed by atoms with van der Waals surface area (Å²) in [4.78, 5) is 0. The molecule has 0 saturated heterocycles. The van der Waals surface area contributed by atoms with E-state index in [1.807, 2.05) is 20.8 Å². The Balaban J connectivity index is 3.12. The minimum absolute atomic E-state index is 0.519. The highest BCUT2D eigenvalue weighted by atomic mass is 19.2. The standard InChI is InChI=1S/C14H21FN2/c1-5-14(6-2,11(3)4)17(15)13-9-7-12(16)8-10-13/h7-10H,3,5-6,16H2,1-2,4H3. The second-order valence-electron chi connectivity index (χ2n) is 4.39. The molecular formula is C14H21FN2. The second kappa shape index (κ2) is 5.21. The summed E-state index contributed by atoms with van der Waals surface area (Å²) >= 11 is 0. The van der Waals surface area contributed by atoms with E-state index in [0.717, 1.165) is 10.7 Å². The Morgan fingerprint density at radius 1 is 1.29 bits per heavy atom. The molecule has 0 aliphatic heterocycles. The van der Waals surface area contributed by atoms with E-state index in [1.165, 1.54) is 0 Å². The maximum atomic E-state index is 14.6. The summed E-state index contributed by atoms with van der Waals surface area (Å²) in [7, 11) is 0. The first-order valence-corrected chi connectivity index (χ1v) is 5.95. The molecule has 0 amide bonds. The largest absolute Gasteiger partial charge is 0.399 e. The molecule has 0 aromatic heterocycles. The number of halogens is 1. The summed E-state index contributed by atoms with van der Waals surface area (Å²) in [6.45, 7) is 9.75. The third kappa shape index (κ3) is 2.43. The van der Waals surface area contributed by atoms with Crippen molar-refractivity contribution in [3.05, 3.63) is 36.4 Å². The molecule has 0 aliphatic carbocycles. The van der Waals surface area contributed by atoms with Gasteiger partial charge in [-0.3, -0.25) is 0 Å². The van der Waals surface area contributed by atoms with E-state index >= 15 is 0 Å². The monoisotopic (exact) mass is 236 g/mol. The van der Waals surface area contributed by atoms with Crippen LogP contribution in [0, 0.1) is 0 Å². The molecule has 17 heavy (non-hydrogen) atoms. The first kappa shape index (κ1) is 13.6. The molecule has 1 aromatic carbocycles. The van der Waals surface area contributed by atoms with Crippen LogP contribution in [0.5, 0.6) is 0 Å². The molecule has 1 aromatic rings. The average Bonchev–Trinajstić information content (AvgIpc) is 2.31. The molecule has 0 spiro atoms. The van der Waals surface area contributed by atoms with Gasteiger partial charge in [-0.25, -0.2) is 5.12 Å². The zero-order valence-corrected chi connectivity index (χ0v) is 10.8. The molecule has 3 heteroatoms. The number of hydrogen-bond donors (Lipinski definition) is 1. The van der Waals surface area contributed by atoms with E-state index in [9.17, 15) is 4.48 Å². The van der Waals surface area contributed by atoms with Crippen LogP contribution in [0.25, 0.3) is 0 Å². The number of nitrogens with zero attached hydrogens (tertiary/aromatic N) is 1. The molecule has 0 bridgehead atoms. The zero-order chi connectivity index (χ0) is 13.1. The van der Waals surface area contributed by atoms with Crippen molar-refractivity contribution in [2.45, 2.75) is 39.2 Å². The van der Waals surface area contributed by atoms with Crippen molar-refractivity contribution in [1.29, 1.82) is 0 Å². The molecular weight excluding hydrogens is 215 g/mol. The number of nitrogen functional groups attached to an aromatic ring is 1. The van der Waals surface area contributed by atoms with Crippen LogP contribution in [-0.2, 0) is 0 Å². The third-order valence-corrected chi connectivity index (χ3v) is 3.46. The topological polar surface area (TPSA) is 29.3 Å². The first-order valence-electron chi connectivity index (χ1n) is 5.95. The summed E-state index contributed by atoms with van der Waals surface area (Å²) < 4.78 is 14.6. The van der Waals surface area contributed by atoms with Crippen molar-refractivity contribution < 1.29 is 4.48 Å². The maximum Gasteiger partial charge on any atom is 0.0921 e. The second-order valence-corrected chi connectivity index (χ2v) is 4.39. The molecule has 2 nitrogen and oxygen atoms in total. The quantitative estimate of drug-likeness (QED) is 0.474. The minimum atomic E-state index is -0.629. The fraction of sp³-hybridized carbons (Fsp3) is 0.429. The van der Waals surface area contributed by atoms with Gasteiger partial charge < -0.3 is 5.73 Å². The van der Waals surface area contributed by atoms with Gasteiger partial charge in [-0.15, -0.1) is 0 Å². The summed E-state index contributed by atoms with van der Waals surface area (Å²) in [5.74, 6) is 0. The molecule has 1 rings (SSSR count). The first-order chi connectivity index (χ1) is 7.97. The summed E-state index contributed by atoms with van der Waals surface area (Å²) in [5.41, 5.74) is 6.96. The molecule has 0 heterocycles. The van der Waals surface area contributed by atoms with Gasteiger partial charge in [-0.05, 0) is 44.0 Å². The summed E-state index contributed by atoms with van der Waals surface area (Å²) in [6, 6.07) is 6.80. The van der Waals surface area contributed by atoms with Gasteiger partial charge in [-0.1, -0.05) is 30.5 Å². The molecule has 0 aliphatic rings. The average molecular weight is 236 g/mol. The van der Waals surface area contributed by atoms with Crippen LogP contribution in [0.3, 0.4) is 0 Å². The Labute approximate surface area is 103 Å². The number of hydrogen-bond acceptors (Lipinski definition) is 2. The van der Waals surface area contributed by atoms with E-state index in [0.29, 0.717) is 24.2 Å². The van der Waals surface area contributed by atoms with E-state index < -0.39 is 5.54 Å². The lowest BCUT2D eigenvalue weighted by molar-refractivity contribution is 0.274. The van der Waals surface area contributed by atoms with Gasteiger partial charge in [0.25, 0.3) is 0 Å². The van der Waals surface area contributed by atoms with Crippen LogP contribution in [0.1, 0.15) is 33.6 Å².